The highest BCUT2D eigenvalue weighted by atomic mass is 32.2. The molecule has 0 aliphatic carbocycles. The third kappa shape index (κ3) is 1.60. The lowest BCUT2D eigenvalue weighted by molar-refractivity contribution is 0.589. The highest BCUT2D eigenvalue weighted by Crippen LogP contribution is 2.19. The molecule has 1 aromatic carbocycles. The van der Waals surface area contributed by atoms with Crippen LogP contribution in [0.15, 0.2) is 65.8 Å². The Morgan fingerprint density at radius 3 is 2.61 bits per heavy atom. The standard InChI is InChI=1S/C13H10N2O2S/c16-18(17,12-6-2-1-3-7-12)15-10-8-11-5-4-9-14-13(11)15/h1-10H/i10D. The molecule has 0 radical (unpaired) electrons. The average molecular weight is 259 g/mol. The number of rotatable bonds is 2. The number of nitrogens with zero attached hydrogens (tertiary/aromatic N) is 2. The van der Waals surface area contributed by atoms with Crippen molar-refractivity contribution in [1.29, 1.82) is 0 Å². The van der Waals surface area contributed by atoms with Gasteiger partial charge in [-0.2, -0.15) is 0 Å². The Labute approximate surface area is 106 Å². The van der Waals surface area contributed by atoms with Crippen LogP contribution in [0.3, 0.4) is 0 Å². The molecule has 0 aliphatic rings. The molecule has 0 atom stereocenters. The van der Waals surface area contributed by atoms with Crippen molar-refractivity contribution in [2.45, 2.75) is 4.90 Å². The van der Waals surface area contributed by atoms with Crippen LogP contribution < -0.4 is 0 Å². The lowest BCUT2D eigenvalue weighted by Gasteiger charge is -2.06. The molecular formula is C13H10N2O2S. The van der Waals surface area contributed by atoms with Gasteiger partial charge in [0.05, 0.1) is 6.27 Å². The van der Waals surface area contributed by atoms with Crippen LogP contribution in [-0.2, 0) is 10.0 Å². The molecule has 0 amide bonds. The molecule has 0 saturated carbocycles. The maximum atomic E-state index is 12.5. The number of pyridine rings is 1. The van der Waals surface area contributed by atoms with Gasteiger partial charge in [0.25, 0.3) is 10.0 Å². The number of fused-ring (bicyclic) bond motifs is 1. The topological polar surface area (TPSA) is 52.0 Å². The Kier molecular flexibility index (Phi) is 2.16. The lowest BCUT2D eigenvalue weighted by atomic mass is 10.3. The van der Waals surface area contributed by atoms with Crippen molar-refractivity contribution in [2.24, 2.45) is 0 Å². The summed E-state index contributed by atoms with van der Waals surface area (Å²) in [6.07, 6.45) is 1.41. The van der Waals surface area contributed by atoms with Gasteiger partial charge in [-0.3, -0.25) is 0 Å². The largest absolute Gasteiger partial charge is 0.269 e. The highest BCUT2D eigenvalue weighted by Gasteiger charge is 2.18. The summed E-state index contributed by atoms with van der Waals surface area (Å²) in [5, 5.41) is 0.631. The first kappa shape index (κ1) is 9.85. The summed E-state index contributed by atoms with van der Waals surface area (Å²) in [6.45, 7) is 0. The Morgan fingerprint density at radius 2 is 1.83 bits per heavy atom. The van der Waals surface area contributed by atoms with E-state index in [1.165, 1.54) is 24.4 Å². The summed E-state index contributed by atoms with van der Waals surface area (Å²) in [7, 11) is -3.79. The molecule has 90 valence electrons. The Balaban J connectivity index is 2.34. The number of hydrogen-bond acceptors (Lipinski definition) is 3. The summed E-state index contributed by atoms with van der Waals surface area (Å²) in [5.41, 5.74) is 0.274. The van der Waals surface area contributed by atoms with Gasteiger partial charge in [0.2, 0.25) is 0 Å². The number of aromatic nitrogens is 2. The Bertz CT molecular complexity index is 841. The maximum absolute atomic E-state index is 12.5. The van der Waals surface area contributed by atoms with E-state index in [1.807, 2.05) is 0 Å². The fraction of sp³-hybridized carbons (Fsp3) is 0. The molecule has 2 aromatic heterocycles. The Hall–Kier alpha value is -2.14. The normalized spacial score (nSPS) is 12.6. The van der Waals surface area contributed by atoms with Crippen molar-refractivity contribution in [3.8, 4) is 0 Å². The van der Waals surface area contributed by atoms with Gasteiger partial charge in [-0.15, -0.1) is 0 Å². The van der Waals surface area contributed by atoms with Crippen LogP contribution in [0.1, 0.15) is 1.37 Å². The van der Waals surface area contributed by atoms with E-state index < -0.39 is 10.0 Å². The zero-order valence-corrected chi connectivity index (χ0v) is 10.1. The number of hydrogen-bond donors (Lipinski definition) is 0. The third-order valence-corrected chi connectivity index (χ3v) is 4.25. The van der Waals surface area contributed by atoms with Crippen molar-refractivity contribution in [1.82, 2.24) is 8.96 Å². The molecule has 0 N–H and O–H groups in total. The third-order valence-electron chi connectivity index (χ3n) is 2.63. The molecule has 4 nitrogen and oxygen atoms in total. The van der Waals surface area contributed by atoms with Gasteiger partial charge in [-0.05, 0) is 30.3 Å². The first-order chi connectivity index (χ1) is 9.10. The quantitative estimate of drug-likeness (QED) is 0.709. The summed E-state index contributed by atoms with van der Waals surface area (Å²) in [5.74, 6) is 0. The first-order valence-electron chi connectivity index (χ1n) is 5.84. The zero-order chi connectivity index (χ0) is 13.5. The fourth-order valence-corrected chi connectivity index (χ4v) is 3.05. The molecular weight excluding hydrogens is 248 g/mol. The molecule has 0 fully saturated rings. The molecule has 18 heavy (non-hydrogen) atoms. The van der Waals surface area contributed by atoms with Gasteiger partial charge in [-0.25, -0.2) is 17.4 Å². The fourth-order valence-electron chi connectivity index (χ4n) is 1.76. The average Bonchev–Trinajstić information content (AvgIpc) is 2.76. The van der Waals surface area contributed by atoms with E-state index in [0.29, 0.717) is 5.39 Å². The van der Waals surface area contributed by atoms with Gasteiger partial charge < -0.3 is 0 Å². The molecule has 0 saturated heterocycles. The second-order valence-electron chi connectivity index (χ2n) is 3.77. The van der Waals surface area contributed by atoms with Gasteiger partial charge in [0.1, 0.15) is 0 Å². The minimum atomic E-state index is -3.79. The van der Waals surface area contributed by atoms with Gasteiger partial charge in [0, 0.05) is 17.8 Å². The van der Waals surface area contributed by atoms with E-state index in [4.69, 9.17) is 1.37 Å². The summed E-state index contributed by atoms with van der Waals surface area (Å²) >= 11 is 0. The van der Waals surface area contributed by atoms with Crippen LogP contribution in [0, 0.1) is 0 Å². The monoisotopic (exact) mass is 259 g/mol. The zero-order valence-electron chi connectivity index (χ0n) is 10.3. The van der Waals surface area contributed by atoms with E-state index in [2.05, 4.69) is 4.98 Å². The Morgan fingerprint density at radius 1 is 1.06 bits per heavy atom. The van der Waals surface area contributed by atoms with E-state index in [1.54, 1.807) is 30.3 Å². The van der Waals surface area contributed by atoms with Gasteiger partial charge in [0.15, 0.2) is 5.65 Å². The highest BCUT2D eigenvalue weighted by molar-refractivity contribution is 7.90. The number of benzene rings is 1. The van der Waals surface area contributed by atoms with Gasteiger partial charge in [-0.1, -0.05) is 18.2 Å². The van der Waals surface area contributed by atoms with Crippen LogP contribution >= 0.6 is 0 Å². The second-order valence-corrected chi connectivity index (χ2v) is 5.56. The first-order valence-corrected chi connectivity index (χ1v) is 6.78. The molecule has 5 heteroatoms. The molecule has 0 aliphatic heterocycles. The molecule has 3 aromatic rings. The lowest BCUT2D eigenvalue weighted by Crippen LogP contribution is -2.12. The maximum Gasteiger partial charge on any atom is 0.269 e. The minimum absolute atomic E-state index is 0.0995. The van der Waals surface area contributed by atoms with Crippen LogP contribution in [0.5, 0.6) is 0 Å². The second kappa shape index (κ2) is 3.96. The molecule has 0 bridgehead atoms. The molecule has 3 rings (SSSR count). The summed E-state index contributed by atoms with van der Waals surface area (Å²) < 4.78 is 33.9. The predicted octanol–water partition coefficient (Wildman–Crippen LogP) is 2.27. The smallest absolute Gasteiger partial charge is 0.237 e. The van der Waals surface area contributed by atoms with Crippen LogP contribution in [0.2, 0.25) is 0 Å². The van der Waals surface area contributed by atoms with Crippen molar-refractivity contribution >= 4 is 21.1 Å². The van der Waals surface area contributed by atoms with E-state index >= 15 is 0 Å². The van der Waals surface area contributed by atoms with Crippen molar-refractivity contribution in [3.63, 3.8) is 0 Å². The van der Waals surface area contributed by atoms with Crippen molar-refractivity contribution in [2.75, 3.05) is 0 Å². The minimum Gasteiger partial charge on any atom is -0.237 e. The van der Waals surface area contributed by atoms with Crippen LogP contribution in [0.4, 0.5) is 0 Å². The predicted molar refractivity (Wildman–Crippen MR) is 68.8 cm³/mol. The van der Waals surface area contributed by atoms with E-state index in [0.717, 1.165) is 3.97 Å². The van der Waals surface area contributed by atoms with Gasteiger partial charge >= 0.3 is 0 Å². The summed E-state index contributed by atoms with van der Waals surface area (Å²) in [6, 6.07) is 13.0. The molecule has 2 heterocycles. The SMILES string of the molecule is [2H]c1cc2cccnc2n1S(=O)(=O)c1ccccc1. The van der Waals surface area contributed by atoms with Crippen LogP contribution in [0.25, 0.3) is 11.0 Å². The van der Waals surface area contributed by atoms with Crippen LogP contribution in [-0.4, -0.2) is 17.4 Å². The summed E-state index contributed by atoms with van der Waals surface area (Å²) in [4.78, 5) is 4.20. The van der Waals surface area contributed by atoms with Crippen molar-refractivity contribution < 1.29 is 9.79 Å². The van der Waals surface area contributed by atoms with Crippen molar-refractivity contribution in [3.05, 3.63) is 60.9 Å². The molecule has 0 spiro atoms. The molecule has 0 unspecified atom stereocenters. The van der Waals surface area contributed by atoms with E-state index in [-0.39, 0.29) is 16.7 Å². The van der Waals surface area contributed by atoms with E-state index in [9.17, 15) is 8.42 Å².